The van der Waals surface area contributed by atoms with E-state index in [0.717, 1.165) is 45.4 Å². The molecule has 0 aliphatic carbocycles. The van der Waals surface area contributed by atoms with Crippen molar-refractivity contribution >= 4 is 21.9 Å². The molecule has 3 heterocycles. The van der Waals surface area contributed by atoms with Crippen LogP contribution in [0.3, 0.4) is 0 Å². The number of aromatic amines is 1. The lowest BCUT2D eigenvalue weighted by Gasteiger charge is -2.03. The first kappa shape index (κ1) is 20.0. The van der Waals surface area contributed by atoms with Crippen molar-refractivity contribution in [2.45, 2.75) is 6.42 Å². The van der Waals surface area contributed by atoms with E-state index in [2.05, 4.69) is 39.6 Å². The van der Waals surface area contributed by atoms with Crippen LogP contribution in [0.1, 0.15) is 11.3 Å². The molecule has 0 aliphatic heterocycles. The van der Waals surface area contributed by atoms with E-state index in [0.29, 0.717) is 11.3 Å². The van der Waals surface area contributed by atoms with Gasteiger partial charge in [0.15, 0.2) is 5.58 Å². The minimum absolute atomic E-state index is 0.402. The van der Waals surface area contributed by atoms with Gasteiger partial charge >= 0.3 is 5.63 Å². The number of fused-ring (bicyclic) bond motifs is 2. The van der Waals surface area contributed by atoms with Gasteiger partial charge in [-0.25, -0.2) is 9.48 Å². The van der Waals surface area contributed by atoms with Gasteiger partial charge in [0.1, 0.15) is 17.1 Å². The van der Waals surface area contributed by atoms with E-state index >= 15 is 0 Å². The van der Waals surface area contributed by atoms with Gasteiger partial charge in [-0.3, -0.25) is 0 Å². The Labute approximate surface area is 194 Å². The van der Waals surface area contributed by atoms with E-state index in [-0.39, 0.29) is 0 Å². The van der Waals surface area contributed by atoms with Crippen LogP contribution in [-0.2, 0) is 6.42 Å². The molecule has 0 atom stereocenters. The van der Waals surface area contributed by atoms with Crippen molar-refractivity contribution in [2.75, 3.05) is 7.11 Å². The van der Waals surface area contributed by atoms with Crippen LogP contribution in [0, 0.1) is 0 Å². The van der Waals surface area contributed by atoms with Crippen molar-refractivity contribution in [3.8, 4) is 22.7 Å². The molecule has 0 saturated heterocycles. The Bertz CT molecular complexity index is 1690. The Morgan fingerprint density at radius 1 is 0.971 bits per heavy atom. The number of aromatic nitrogens is 4. The smallest absolute Gasteiger partial charge is 0.336 e. The predicted molar refractivity (Wildman–Crippen MR) is 130 cm³/mol. The van der Waals surface area contributed by atoms with Gasteiger partial charge < -0.3 is 14.1 Å². The molecular weight excluding hydrogens is 428 g/mol. The molecule has 7 heteroatoms. The average Bonchev–Trinajstić information content (AvgIpc) is 3.51. The topological polar surface area (TPSA) is 85.9 Å². The maximum Gasteiger partial charge on any atom is 0.336 e. The molecule has 7 nitrogen and oxygen atoms in total. The van der Waals surface area contributed by atoms with Crippen LogP contribution in [0.4, 0.5) is 0 Å². The highest BCUT2D eigenvalue weighted by atomic mass is 16.5. The zero-order valence-corrected chi connectivity index (χ0v) is 18.4. The van der Waals surface area contributed by atoms with E-state index in [1.165, 1.54) is 11.6 Å². The van der Waals surface area contributed by atoms with Crippen LogP contribution >= 0.6 is 0 Å². The number of nitrogens with one attached hydrogen (secondary N) is 1. The number of rotatable bonds is 5. The maximum atomic E-state index is 11.8. The monoisotopic (exact) mass is 448 g/mol. The van der Waals surface area contributed by atoms with E-state index in [9.17, 15) is 4.79 Å². The van der Waals surface area contributed by atoms with Gasteiger partial charge in [-0.1, -0.05) is 47.7 Å². The van der Waals surface area contributed by atoms with E-state index < -0.39 is 5.63 Å². The molecule has 0 bridgehead atoms. The van der Waals surface area contributed by atoms with Gasteiger partial charge in [0, 0.05) is 34.5 Å². The van der Waals surface area contributed by atoms with Crippen molar-refractivity contribution in [3.63, 3.8) is 0 Å². The molecule has 0 saturated carbocycles. The molecule has 3 aromatic carbocycles. The van der Waals surface area contributed by atoms with Crippen LogP contribution in [0.15, 0.2) is 94.3 Å². The van der Waals surface area contributed by atoms with Crippen LogP contribution < -0.4 is 10.4 Å². The molecule has 166 valence electrons. The highest BCUT2D eigenvalue weighted by Crippen LogP contribution is 2.29. The third-order valence-corrected chi connectivity index (χ3v) is 5.91. The molecule has 0 unspecified atom stereocenters. The van der Waals surface area contributed by atoms with Crippen molar-refractivity contribution in [1.29, 1.82) is 0 Å². The first-order valence-corrected chi connectivity index (χ1v) is 10.9. The zero-order chi connectivity index (χ0) is 23.1. The maximum absolute atomic E-state index is 11.8. The number of hydrogen-bond donors (Lipinski definition) is 1. The number of nitrogens with zero attached hydrogens (tertiary/aromatic N) is 3. The summed E-state index contributed by atoms with van der Waals surface area (Å²) in [6, 6.07) is 25.1. The summed E-state index contributed by atoms with van der Waals surface area (Å²) in [6.45, 7) is 0. The minimum atomic E-state index is -0.402. The number of ether oxygens (including phenoxy) is 1. The number of H-pyrrole nitrogens is 1. The third kappa shape index (κ3) is 3.53. The molecular formula is C27H20N4O3. The molecule has 0 spiro atoms. The summed E-state index contributed by atoms with van der Waals surface area (Å²) in [4.78, 5) is 15.3. The first-order chi connectivity index (χ1) is 16.7. The van der Waals surface area contributed by atoms with Gasteiger partial charge in [0.25, 0.3) is 0 Å². The van der Waals surface area contributed by atoms with Crippen molar-refractivity contribution in [1.82, 2.24) is 20.0 Å². The van der Waals surface area contributed by atoms with E-state index in [1.807, 2.05) is 48.7 Å². The Kier molecular flexibility index (Phi) is 4.73. The fourth-order valence-electron chi connectivity index (χ4n) is 4.25. The molecule has 6 aromatic rings. The minimum Gasteiger partial charge on any atom is -0.497 e. The second-order valence-electron chi connectivity index (χ2n) is 8.09. The molecule has 0 fully saturated rings. The lowest BCUT2D eigenvalue weighted by molar-refractivity contribution is 0.414. The SMILES string of the molecule is COc1ccc(Cc2cc3cccc(-c4cn(-c5cccc6ccc(=O)oc56)nn4)c3[nH]2)cc1. The van der Waals surface area contributed by atoms with Crippen molar-refractivity contribution in [3.05, 3.63) is 107 Å². The standard InChI is InChI=1S/C27H20N4O3/c1-33-21-11-8-17(9-12-21)14-20-15-19-5-2-6-22(26(19)28-20)23-16-31(30-29-23)24-7-3-4-18-10-13-25(32)34-27(18)24/h2-13,15-16,28H,14H2,1H3. The summed E-state index contributed by atoms with van der Waals surface area (Å²) in [5.41, 5.74) is 5.71. The van der Waals surface area contributed by atoms with Gasteiger partial charge in [-0.2, -0.15) is 0 Å². The van der Waals surface area contributed by atoms with Gasteiger partial charge in [0.05, 0.1) is 18.8 Å². The Hall–Kier alpha value is -4.65. The van der Waals surface area contributed by atoms with Gasteiger partial charge in [-0.05, 0) is 35.9 Å². The molecule has 34 heavy (non-hydrogen) atoms. The van der Waals surface area contributed by atoms with E-state index in [1.54, 1.807) is 17.9 Å². The predicted octanol–water partition coefficient (Wildman–Crippen LogP) is 5.12. The zero-order valence-electron chi connectivity index (χ0n) is 18.4. The van der Waals surface area contributed by atoms with E-state index in [4.69, 9.17) is 9.15 Å². The van der Waals surface area contributed by atoms with Crippen LogP contribution in [0.25, 0.3) is 38.8 Å². The van der Waals surface area contributed by atoms with Crippen molar-refractivity contribution in [2.24, 2.45) is 0 Å². The lowest BCUT2D eigenvalue weighted by atomic mass is 10.1. The summed E-state index contributed by atoms with van der Waals surface area (Å²) in [5, 5.41) is 10.7. The first-order valence-electron chi connectivity index (χ1n) is 10.9. The largest absolute Gasteiger partial charge is 0.497 e. The second kappa shape index (κ2) is 8.04. The van der Waals surface area contributed by atoms with Crippen LogP contribution in [0.5, 0.6) is 5.75 Å². The van der Waals surface area contributed by atoms with Gasteiger partial charge in [-0.15, -0.1) is 5.10 Å². The number of hydrogen-bond acceptors (Lipinski definition) is 5. The second-order valence-corrected chi connectivity index (χ2v) is 8.09. The summed E-state index contributed by atoms with van der Waals surface area (Å²) in [5.74, 6) is 0.844. The van der Waals surface area contributed by atoms with Crippen LogP contribution in [-0.4, -0.2) is 27.1 Å². The number of para-hydroxylation sites is 2. The number of methoxy groups -OCH3 is 1. The molecule has 1 N–H and O–H groups in total. The summed E-state index contributed by atoms with van der Waals surface area (Å²) < 4.78 is 12.3. The van der Waals surface area contributed by atoms with Gasteiger partial charge in [0.2, 0.25) is 0 Å². The Balaban J connectivity index is 1.38. The normalized spacial score (nSPS) is 11.3. The summed E-state index contributed by atoms with van der Waals surface area (Å²) >= 11 is 0. The lowest BCUT2D eigenvalue weighted by Crippen LogP contribution is -2.00. The fraction of sp³-hybridized carbons (Fsp3) is 0.0741. The molecule has 0 radical (unpaired) electrons. The van der Waals surface area contributed by atoms with Crippen molar-refractivity contribution < 1.29 is 9.15 Å². The highest BCUT2D eigenvalue weighted by Gasteiger charge is 2.14. The molecule has 6 rings (SSSR count). The molecule has 0 amide bonds. The highest BCUT2D eigenvalue weighted by molar-refractivity contribution is 5.94. The quantitative estimate of drug-likeness (QED) is 0.370. The fourth-order valence-corrected chi connectivity index (χ4v) is 4.25. The number of benzene rings is 3. The Morgan fingerprint density at radius 2 is 1.79 bits per heavy atom. The third-order valence-electron chi connectivity index (χ3n) is 5.91. The Morgan fingerprint density at radius 3 is 2.65 bits per heavy atom. The summed E-state index contributed by atoms with van der Waals surface area (Å²) in [7, 11) is 1.67. The molecule has 3 aromatic heterocycles. The summed E-state index contributed by atoms with van der Waals surface area (Å²) in [6.07, 6.45) is 2.63. The average molecular weight is 448 g/mol. The van der Waals surface area contributed by atoms with Crippen LogP contribution in [0.2, 0.25) is 0 Å². The molecule has 0 aliphatic rings.